The van der Waals surface area contributed by atoms with Gasteiger partial charge in [-0.3, -0.25) is 9.36 Å². The Morgan fingerprint density at radius 1 is 1.28 bits per heavy atom. The van der Waals surface area contributed by atoms with Gasteiger partial charge < -0.3 is 16.6 Å². The molecule has 0 aliphatic rings. The van der Waals surface area contributed by atoms with E-state index < -0.39 is 5.91 Å². The normalized spacial score (nSPS) is 11.2. The molecule has 0 aliphatic heterocycles. The zero-order chi connectivity index (χ0) is 18.3. The van der Waals surface area contributed by atoms with Crippen LogP contribution in [0.1, 0.15) is 41.2 Å². The van der Waals surface area contributed by atoms with Gasteiger partial charge in [0.25, 0.3) is 5.91 Å². The largest absolute Gasteiger partial charge is 0.508 e. The Hall–Kier alpha value is -3.09. The van der Waals surface area contributed by atoms with Crippen molar-refractivity contribution in [2.24, 2.45) is 5.73 Å². The quantitative estimate of drug-likeness (QED) is 0.673. The lowest BCUT2D eigenvalue weighted by Crippen LogP contribution is -2.14. The Morgan fingerprint density at radius 3 is 2.60 bits per heavy atom. The molecule has 0 saturated heterocycles. The number of primary amides is 1. The number of aromatic nitrogens is 3. The lowest BCUT2D eigenvalue weighted by Gasteiger charge is -2.18. The number of hydrogen-bond acceptors (Lipinski definition) is 5. The van der Waals surface area contributed by atoms with E-state index in [1.165, 1.54) is 0 Å². The molecular formula is C18H21N5O2. The van der Waals surface area contributed by atoms with Crippen molar-refractivity contribution in [3.05, 3.63) is 40.8 Å². The van der Waals surface area contributed by atoms with Crippen molar-refractivity contribution in [2.75, 3.05) is 5.73 Å². The summed E-state index contributed by atoms with van der Waals surface area (Å²) in [5.74, 6) is 0.309. The van der Waals surface area contributed by atoms with Crippen LogP contribution < -0.4 is 11.5 Å². The van der Waals surface area contributed by atoms with Crippen molar-refractivity contribution in [1.29, 1.82) is 0 Å². The Balaban J connectivity index is 2.53. The van der Waals surface area contributed by atoms with Gasteiger partial charge in [0.1, 0.15) is 17.4 Å². The summed E-state index contributed by atoms with van der Waals surface area (Å²) in [7, 11) is 0. The lowest BCUT2D eigenvalue weighted by molar-refractivity contribution is 0.100. The number of aryl methyl sites for hydroxylation is 2. The molecular weight excluding hydrogens is 318 g/mol. The molecule has 0 radical (unpaired) electrons. The van der Waals surface area contributed by atoms with Gasteiger partial charge in [0, 0.05) is 11.8 Å². The van der Waals surface area contributed by atoms with E-state index in [4.69, 9.17) is 11.5 Å². The summed E-state index contributed by atoms with van der Waals surface area (Å²) in [6, 6.07) is 3.53. The summed E-state index contributed by atoms with van der Waals surface area (Å²) in [5, 5.41) is 10.8. The number of hydrogen-bond donors (Lipinski definition) is 3. The highest BCUT2D eigenvalue weighted by Crippen LogP contribution is 2.36. The van der Waals surface area contributed by atoms with Crippen molar-refractivity contribution in [1.82, 2.24) is 14.5 Å². The molecule has 2 heterocycles. The second-order valence-corrected chi connectivity index (χ2v) is 5.89. The number of benzene rings is 1. The van der Waals surface area contributed by atoms with Crippen LogP contribution in [0.2, 0.25) is 0 Å². The van der Waals surface area contributed by atoms with Crippen LogP contribution in [-0.2, 0) is 12.8 Å². The standard InChI is InChI=1S/C18H21N5O2/c1-4-10-6-7-13(24)11(5-2)15(10)23-16(19)14(17(20)25)12-8-21-9(3)22-18(12)23/h6-8,24H,4-5,19H2,1-3H3,(H2,20,25). The highest BCUT2D eigenvalue weighted by atomic mass is 16.3. The Morgan fingerprint density at radius 2 is 2.00 bits per heavy atom. The van der Waals surface area contributed by atoms with Gasteiger partial charge in [-0.15, -0.1) is 0 Å². The molecule has 0 aliphatic carbocycles. The van der Waals surface area contributed by atoms with E-state index in [0.29, 0.717) is 23.3 Å². The third-order valence-corrected chi connectivity index (χ3v) is 4.41. The average molecular weight is 339 g/mol. The fourth-order valence-corrected chi connectivity index (χ4v) is 3.24. The van der Waals surface area contributed by atoms with E-state index in [9.17, 15) is 9.90 Å². The number of phenols is 1. The molecule has 0 saturated carbocycles. The molecule has 0 atom stereocenters. The van der Waals surface area contributed by atoms with Crippen LogP contribution in [0.25, 0.3) is 16.7 Å². The number of nitrogen functional groups attached to an aromatic ring is 1. The lowest BCUT2D eigenvalue weighted by atomic mass is 10.0. The first-order valence-electron chi connectivity index (χ1n) is 8.18. The topological polar surface area (TPSA) is 120 Å². The number of amides is 1. The van der Waals surface area contributed by atoms with Crippen LogP contribution in [0.5, 0.6) is 5.75 Å². The first-order valence-corrected chi connectivity index (χ1v) is 8.18. The van der Waals surface area contributed by atoms with Gasteiger partial charge >= 0.3 is 0 Å². The van der Waals surface area contributed by atoms with Gasteiger partial charge in [-0.2, -0.15) is 0 Å². The van der Waals surface area contributed by atoms with E-state index >= 15 is 0 Å². The Bertz CT molecular complexity index is 991. The molecule has 3 rings (SSSR count). The number of rotatable bonds is 4. The number of anilines is 1. The number of aromatic hydroxyl groups is 1. The van der Waals surface area contributed by atoms with Gasteiger partial charge in [-0.1, -0.05) is 19.9 Å². The molecule has 5 N–H and O–H groups in total. The number of nitrogens with two attached hydrogens (primary N) is 2. The molecule has 7 heteroatoms. The zero-order valence-electron chi connectivity index (χ0n) is 14.5. The molecule has 7 nitrogen and oxygen atoms in total. The van der Waals surface area contributed by atoms with Crippen LogP contribution in [0, 0.1) is 6.92 Å². The first kappa shape index (κ1) is 16.8. The maximum Gasteiger partial charge on any atom is 0.253 e. The maximum absolute atomic E-state index is 12.0. The molecule has 25 heavy (non-hydrogen) atoms. The van der Waals surface area contributed by atoms with Crippen molar-refractivity contribution >= 4 is 22.8 Å². The van der Waals surface area contributed by atoms with Crippen LogP contribution in [0.15, 0.2) is 18.3 Å². The number of fused-ring (bicyclic) bond motifs is 1. The van der Waals surface area contributed by atoms with Crippen molar-refractivity contribution in [2.45, 2.75) is 33.6 Å². The predicted molar refractivity (Wildman–Crippen MR) is 97.0 cm³/mol. The summed E-state index contributed by atoms with van der Waals surface area (Å²) >= 11 is 0. The summed E-state index contributed by atoms with van der Waals surface area (Å²) in [6.45, 7) is 5.74. The zero-order valence-corrected chi connectivity index (χ0v) is 14.5. The summed E-state index contributed by atoms with van der Waals surface area (Å²) < 4.78 is 1.71. The number of carbonyl (C=O) groups is 1. The van der Waals surface area contributed by atoms with Crippen molar-refractivity contribution < 1.29 is 9.90 Å². The average Bonchev–Trinajstić information content (AvgIpc) is 2.85. The van der Waals surface area contributed by atoms with Gasteiger partial charge in [0.15, 0.2) is 5.65 Å². The molecule has 0 fully saturated rings. The van der Waals surface area contributed by atoms with E-state index in [0.717, 1.165) is 23.2 Å². The van der Waals surface area contributed by atoms with E-state index in [2.05, 4.69) is 9.97 Å². The molecule has 1 aromatic carbocycles. The highest BCUT2D eigenvalue weighted by molar-refractivity contribution is 6.10. The minimum Gasteiger partial charge on any atom is -0.508 e. The van der Waals surface area contributed by atoms with Gasteiger partial charge in [0.05, 0.1) is 16.6 Å². The summed E-state index contributed by atoms with van der Waals surface area (Å²) in [6.07, 6.45) is 2.90. The smallest absolute Gasteiger partial charge is 0.253 e. The minimum atomic E-state index is -0.634. The molecule has 3 aromatic rings. The van der Waals surface area contributed by atoms with Crippen LogP contribution >= 0.6 is 0 Å². The maximum atomic E-state index is 12.0. The number of phenolic OH excluding ortho intramolecular Hbond substituents is 1. The SMILES string of the molecule is CCc1ccc(O)c(CC)c1-n1c(N)c(C(N)=O)c2cnc(C)nc21. The van der Waals surface area contributed by atoms with Crippen LogP contribution in [-0.4, -0.2) is 25.5 Å². The number of carbonyl (C=O) groups excluding carboxylic acids is 1. The van der Waals surface area contributed by atoms with E-state index in [1.54, 1.807) is 23.8 Å². The van der Waals surface area contributed by atoms with Crippen molar-refractivity contribution in [3.63, 3.8) is 0 Å². The number of nitrogens with zero attached hydrogens (tertiary/aromatic N) is 3. The van der Waals surface area contributed by atoms with E-state index in [1.807, 2.05) is 19.9 Å². The molecule has 1 amide bonds. The second kappa shape index (κ2) is 6.08. The monoisotopic (exact) mass is 339 g/mol. The molecule has 2 aromatic heterocycles. The van der Waals surface area contributed by atoms with Crippen LogP contribution in [0.4, 0.5) is 5.82 Å². The molecule has 0 spiro atoms. The summed E-state index contributed by atoms with van der Waals surface area (Å²) in [4.78, 5) is 20.6. The van der Waals surface area contributed by atoms with Crippen LogP contribution in [0.3, 0.4) is 0 Å². The Labute approximate surface area is 145 Å². The van der Waals surface area contributed by atoms with E-state index in [-0.39, 0.29) is 17.1 Å². The molecule has 0 unspecified atom stereocenters. The third kappa shape index (κ3) is 2.48. The van der Waals surface area contributed by atoms with Gasteiger partial charge in [0.2, 0.25) is 0 Å². The van der Waals surface area contributed by atoms with Gasteiger partial charge in [-0.05, 0) is 31.4 Å². The fraction of sp³-hybridized carbons (Fsp3) is 0.278. The predicted octanol–water partition coefficient (Wildman–Crippen LogP) is 2.24. The van der Waals surface area contributed by atoms with Gasteiger partial charge in [-0.25, -0.2) is 9.97 Å². The second-order valence-electron chi connectivity index (χ2n) is 5.89. The molecule has 0 bridgehead atoms. The molecule has 130 valence electrons. The highest BCUT2D eigenvalue weighted by Gasteiger charge is 2.25. The minimum absolute atomic E-state index is 0.183. The summed E-state index contributed by atoms with van der Waals surface area (Å²) in [5.41, 5.74) is 15.0. The third-order valence-electron chi connectivity index (χ3n) is 4.41. The van der Waals surface area contributed by atoms with Crippen molar-refractivity contribution in [3.8, 4) is 11.4 Å². The Kier molecular flexibility index (Phi) is 4.08. The first-order chi connectivity index (χ1) is 11.9. The fourth-order valence-electron chi connectivity index (χ4n) is 3.24.